The van der Waals surface area contributed by atoms with Crippen LogP contribution in [0.25, 0.3) is 117 Å². The van der Waals surface area contributed by atoms with E-state index in [1.54, 1.807) is 0 Å². The van der Waals surface area contributed by atoms with Crippen LogP contribution in [-0.2, 0) is 5.41 Å². The standard InChI is InChI=1S/C57H36S2/c1-57(2)47-28-23-37(53-42-17-8-6-15-40(42)52(33-12-4-3-5-13-33)41-16-7-9-18-43(41)53)30-46(47)38-25-21-35(31-48(38)57)36-22-27-45-51(32-36)58-50-29-24-34-20-26-44-39-14-10-11-19-49(39)59-56(44)54(34)55(45)50/h3-32H,1-2H3. The molecule has 0 atom stereocenters. The van der Waals surface area contributed by atoms with Crippen molar-refractivity contribution in [2.24, 2.45) is 0 Å². The SMILES string of the molecule is CC1(C)c2ccc(-c3c4ccccc4c(-c4ccccc4)c4ccccc34)cc2-c2ccc(-c3ccc4c(c3)sc3ccc5ccc6c7ccccc7sc6c5c34)cc21. The van der Waals surface area contributed by atoms with Gasteiger partial charge in [-0.15, -0.1) is 22.7 Å². The van der Waals surface area contributed by atoms with E-state index in [-0.39, 0.29) is 5.41 Å². The van der Waals surface area contributed by atoms with Crippen LogP contribution in [-0.4, -0.2) is 0 Å². The van der Waals surface area contributed by atoms with Crippen molar-refractivity contribution in [2.45, 2.75) is 19.3 Å². The molecule has 0 aliphatic heterocycles. The van der Waals surface area contributed by atoms with Gasteiger partial charge in [-0.2, -0.15) is 0 Å². The summed E-state index contributed by atoms with van der Waals surface area (Å²) < 4.78 is 5.44. The van der Waals surface area contributed by atoms with E-state index < -0.39 is 0 Å². The average Bonchev–Trinajstić information content (AvgIpc) is 3.92. The lowest BCUT2D eigenvalue weighted by Gasteiger charge is -2.22. The molecule has 0 spiro atoms. The van der Waals surface area contributed by atoms with Crippen molar-refractivity contribution < 1.29 is 0 Å². The Kier molecular flexibility index (Phi) is 6.92. The second kappa shape index (κ2) is 12.2. The number of benzene rings is 10. The minimum Gasteiger partial charge on any atom is -0.135 e. The topological polar surface area (TPSA) is 0 Å². The molecule has 0 amide bonds. The molecule has 0 fully saturated rings. The lowest BCUT2D eigenvalue weighted by molar-refractivity contribution is 0.660. The Morgan fingerprint density at radius 1 is 0.339 bits per heavy atom. The third kappa shape index (κ3) is 4.70. The Morgan fingerprint density at radius 2 is 0.949 bits per heavy atom. The Balaban J connectivity index is 0.949. The molecule has 13 rings (SSSR count). The number of rotatable bonds is 3. The summed E-state index contributed by atoms with van der Waals surface area (Å²) >= 11 is 3.85. The first-order valence-corrected chi connectivity index (χ1v) is 22.1. The van der Waals surface area contributed by atoms with Gasteiger partial charge >= 0.3 is 0 Å². The first-order chi connectivity index (χ1) is 29.0. The predicted molar refractivity (Wildman–Crippen MR) is 259 cm³/mol. The summed E-state index contributed by atoms with van der Waals surface area (Å²) in [6.07, 6.45) is 0. The molecule has 2 aromatic heterocycles. The van der Waals surface area contributed by atoms with E-state index in [0.29, 0.717) is 0 Å². The van der Waals surface area contributed by atoms with Gasteiger partial charge in [-0.3, -0.25) is 0 Å². The quantitative estimate of drug-likeness (QED) is 0.157. The van der Waals surface area contributed by atoms with Crippen LogP contribution in [0.1, 0.15) is 25.0 Å². The normalized spacial score (nSPS) is 13.4. The molecule has 276 valence electrons. The molecule has 0 nitrogen and oxygen atoms in total. The second-order valence-electron chi connectivity index (χ2n) is 16.7. The molecule has 1 aliphatic rings. The highest BCUT2D eigenvalue weighted by Gasteiger charge is 2.36. The predicted octanol–water partition coefficient (Wildman–Crippen LogP) is 17.2. The minimum atomic E-state index is -0.128. The summed E-state index contributed by atoms with van der Waals surface area (Å²) in [6, 6.07) is 68.5. The minimum absolute atomic E-state index is 0.128. The first kappa shape index (κ1) is 33.4. The summed E-state index contributed by atoms with van der Waals surface area (Å²) in [7, 11) is 0. The van der Waals surface area contributed by atoms with Gasteiger partial charge in [0.25, 0.3) is 0 Å². The van der Waals surface area contributed by atoms with E-state index in [0.717, 1.165) is 0 Å². The van der Waals surface area contributed by atoms with Crippen LogP contribution in [0.2, 0.25) is 0 Å². The van der Waals surface area contributed by atoms with Crippen molar-refractivity contribution in [3.8, 4) is 44.5 Å². The van der Waals surface area contributed by atoms with Crippen LogP contribution in [0.4, 0.5) is 0 Å². The highest BCUT2D eigenvalue weighted by Crippen LogP contribution is 2.53. The molecule has 0 unspecified atom stereocenters. The largest absolute Gasteiger partial charge is 0.135 e. The number of hydrogen-bond acceptors (Lipinski definition) is 2. The van der Waals surface area contributed by atoms with Crippen LogP contribution < -0.4 is 0 Å². The van der Waals surface area contributed by atoms with Crippen molar-refractivity contribution in [1.82, 2.24) is 0 Å². The molecule has 0 saturated heterocycles. The summed E-state index contributed by atoms with van der Waals surface area (Å²) in [5.74, 6) is 0. The lowest BCUT2D eigenvalue weighted by atomic mass is 9.81. The van der Waals surface area contributed by atoms with Gasteiger partial charge in [0.1, 0.15) is 0 Å². The molecule has 0 N–H and O–H groups in total. The van der Waals surface area contributed by atoms with Gasteiger partial charge in [0.15, 0.2) is 0 Å². The summed E-state index contributed by atoms with van der Waals surface area (Å²) in [5, 5.41) is 13.3. The molecule has 0 radical (unpaired) electrons. The van der Waals surface area contributed by atoms with Crippen molar-refractivity contribution in [1.29, 1.82) is 0 Å². The van der Waals surface area contributed by atoms with Gasteiger partial charge in [-0.05, 0) is 113 Å². The Labute approximate surface area is 350 Å². The first-order valence-electron chi connectivity index (χ1n) is 20.5. The Morgan fingerprint density at radius 3 is 1.71 bits per heavy atom. The van der Waals surface area contributed by atoms with E-state index in [2.05, 4.69) is 196 Å². The van der Waals surface area contributed by atoms with Gasteiger partial charge in [0.2, 0.25) is 0 Å². The summed E-state index contributed by atoms with van der Waals surface area (Å²) in [6.45, 7) is 4.80. The fraction of sp³-hybridized carbons (Fsp3) is 0.0526. The zero-order valence-corrected chi connectivity index (χ0v) is 34.3. The Bertz CT molecular complexity index is 3690. The van der Waals surface area contributed by atoms with E-state index in [4.69, 9.17) is 0 Å². The van der Waals surface area contributed by atoms with Crippen LogP contribution in [0.5, 0.6) is 0 Å². The molecule has 10 aromatic carbocycles. The van der Waals surface area contributed by atoms with Gasteiger partial charge in [0, 0.05) is 51.1 Å². The molecular formula is C57H36S2. The third-order valence-electron chi connectivity index (χ3n) is 13.3. The monoisotopic (exact) mass is 784 g/mol. The number of thiophene rings is 2. The van der Waals surface area contributed by atoms with Crippen LogP contribution in [0, 0.1) is 0 Å². The number of hydrogen-bond donors (Lipinski definition) is 0. The lowest BCUT2D eigenvalue weighted by Crippen LogP contribution is -2.15. The average molecular weight is 785 g/mol. The maximum Gasteiger partial charge on any atom is 0.0440 e. The fourth-order valence-corrected chi connectivity index (χ4v) is 12.9. The molecule has 2 heteroatoms. The molecule has 12 aromatic rings. The number of fused-ring (bicyclic) bond motifs is 14. The fourth-order valence-electron chi connectivity index (χ4n) is 10.5. The van der Waals surface area contributed by atoms with Crippen LogP contribution in [0.3, 0.4) is 0 Å². The van der Waals surface area contributed by atoms with Gasteiger partial charge in [0.05, 0.1) is 0 Å². The van der Waals surface area contributed by atoms with Crippen molar-refractivity contribution in [3.63, 3.8) is 0 Å². The van der Waals surface area contributed by atoms with Crippen molar-refractivity contribution >= 4 is 95.3 Å². The van der Waals surface area contributed by atoms with E-state index >= 15 is 0 Å². The molecule has 1 aliphatic carbocycles. The zero-order chi connectivity index (χ0) is 39.0. The molecule has 2 heterocycles. The maximum atomic E-state index is 2.47. The van der Waals surface area contributed by atoms with Crippen molar-refractivity contribution in [2.75, 3.05) is 0 Å². The highest BCUT2D eigenvalue weighted by atomic mass is 32.1. The molecular weight excluding hydrogens is 749 g/mol. The van der Waals surface area contributed by atoms with E-state index in [1.165, 1.54) is 128 Å². The van der Waals surface area contributed by atoms with Gasteiger partial charge in [-0.25, -0.2) is 0 Å². The van der Waals surface area contributed by atoms with Crippen molar-refractivity contribution in [3.05, 3.63) is 193 Å². The molecule has 59 heavy (non-hydrogen) atoms. The smallest absolute Gasteiger partial charge is 0.0440 e. The van der Waals surface area contributed by atoms with Crippen LogP contribution in [0.15, 0.2) is 182 Å². The molecule has 0 bridgehead atoms. The van der Waals surface area contributed by atoms with E-state index in [9.17, 15) is 0 Å². The zero-order valence-electron chi connectivity index (χ0n) is 32.6. The van der Waals surface area contributed by atoms with Gasteiger partial charge in [-0.1, -0.05) is 166 Å². The van der Waals surface area contributed by atoms with Crippen LogP contribution >= 0.6 is 22.7 Å². The Hall–Kier alpha value is -6.58. The third-order valence-corrected chi connectivity index (χ3v) is 15.6. The maximum absolute atomic E-state index is 2.47. The summed E-state index contributed by atoms with van der Waals surface area (Å²) in [5.41, 5.74) is 13.0. The van der Waals surface area contributed by atoms with Gasteiger partial charge < -0.3 is 0 Å². The van der Waals surface area contributed by atoms with E-state index in [1.807, 2.05) is 22.7 Å². The second-order valence-corrected chi connectivity index (χ2v) is 18.9. The highest BCUT2D eigenvalue weighted by molar-refractivity contribution is 7.28. The molecule has 0 saturated carbocycles. The summed E-state index contributed by atoms with van der Waals surface area (Å²) in [4.78, 5) is 0.